The van der Waals surface area contributed by atoms with Crippen molar-refractivity contribution in [2.45, 2.75) is 23.6 Å². The highest BCUT2D eigenvalue weighted by Crippen LogP contribution is 2.36. The molecule has 0 saturated carbocycles. The third-order valence-corrected chi connectivity index (χ3v) is 5.06. The molecule has 0 saturated heterocycles. The summed E-state index contributed by atoms with van der Waals surface area (Å²) in [5, 5.41) is 19.6. The summed E-state index contributed by atoms with van der Waals surface area (Å²) in [5.74, 6) is -0.634. The predicted molar refractivity (Wildman–Crippen MR) is 71.1 cm³/mol. The largest absolute Gasteiger partial charge is 0.507 e. The van der Waals surface area contributed by atoms with Gasteiger partial charge in [-0.2, -0.15) is 0 Å². The second-order valence-corrected chi connectivity index (χ2v) is 6.17. The van der Waals surface area contributed by atoms with Crippen LogP contribution in [-0.4, -0.2) is 18.6 Å². The minimum absolute atomic E-state index is 0.167. The van der Waals surface area contributed by atoms with Crippen LogP contribution in [0, 0.1) is 13.8 Å². The molecule has 0 aromatic heterocycles. The van der Waals surface area contributed by atoms with Gasteiger partial charge in [0.1, 0.15) is 21.3 Å². The minimum Gasteiger partial charge on any atom is -0.507 e. The van der Waals surface area contributed by atoms with Gasteiger partial charge in [0.05, 0.1) is 0 Å². The lowest BCUT2D eigenvalue weighted by molar-refractivity contribution is 0.451. The van der Waals surface area contributed by atoms with Crippen LogP contribution in [0.1, 0.15) is 11.1 Å². The van der Waals surface area contributed by atoms with Crippen molar-refractivity contribution in [3.8, 4) is 11.5 Å². The van der Waals surface area contributed by atoms with Gasteiger partial charge in [-0.1, -0.05) is 24.3 Å². The quantitative estimate of drug-likeness (QED) is 0.885. The standard InChI is InChI=1S/C14H14O4S/c1-9-5-3-7-11(15)13(9)19(17,18)14-10(2)6-4-8-12(14)16/h3-8,15-16H,1-2H3. The maximum atomic E-state index is 12.6. The first-order valence-corrected chi connectivity index (χ1v) is 7.16. The van der Waals surface area contributed by atoms with Gasteiger partial charge in [-0.15, -0.1) is 0 Å². The Balaban J connectivity index is 2.81. The van der Waals surface area contributed by atoms with Gasteiger partial charge in [0.2, 0.25) is 9.84 Å². The number of hydrogen-bond acceptors (Lipinski definition) is 4. The van der Waals surface area contributed by atoms with Crippen LogP contribution in [0.25, 0.3) is 0 Å². The summed E-state index contributed by atoms with van der Waals surface area (Å²) in [6.45, 7) is 3.20. The molecule has 0 unspecified atom stereocenters. The van der Waals surface area contributed by atoms with Crippen LogP contribution in [0.5, 0.6) is 11.5 Å². The van der Waals surface area contributed by atoms with Gasteiger partial charge in [-0.05, 0) is 37.1 Å². The molecule has 2 aromatic carbocycles. The van der Waals surface area contributed by atoms with E-state index in [1.54, 1.807) is 38.1 Å². The Bertz CT molecular complexity index is 635. The topological polar surface area (TPSA) is 74.6 Å². The summed E-state index contributed by atoms with van der Waals surface area (Å²) < 4.78 is 25.2. The fourth-order valence-electron chi connectivity index (χ4n) is 2.08. The van der Waals surface area contributed by atoms with Crippen molar-refractivity contribution in [3.63, 3.8) is 0 Å². The maximum absolute atomic E-state index is 12.6. The molecule has 0 bridgehead atoms. The molecule has 19 heavy (non-hydrogen) atoms. The van der Waals surface area contributed by atoms with Crippen LogP contribution in [0.2, 0.25) is 0 Å². The van der Waals surface area contributed by atoms with Crippen LogP contribution in [0.3, 0.4) is 0 Å². The molecule has 5 heteroatoms. The first-order valence-electron chi connectivity index (χ1n) is 5.68. The molecule has 2 rings (SSSR count). The zero-order chi connectivity index (χ0) is 14.2. The number of benzene rings is 2. The Morgan fingerprint density at radius 1 is 0.789 bits per heavy atom. The summed E-state index contributed by atoms with van der Waals surface area (Å²) in [6.07, 6.45) is 0. The van der Waals surface area contributed by atoms with Crippen LogP contribution in [-0.2, 0) is 9.84 Å². The summed E-state index contributed by atoms with van der Waals surface area (Å²) in [7, 11) is -3.96. The van der Waals surface area contributed by atoms with Crippen LogP contribution < -0.4 is 0 Å². The van der Waals surface area contributed by atoms with Crippen molar-refractivity contribution < 1.29 is 18.6 Å². The van der Waals surface area contributed by atoms with E-state index in [9.17, 15) is 18.6 Å². The van der Waals surface area contributed by atoms with E-state index in [1.165, 1.54) is 12.1 Å². The zero-order valence-electron chi connectivity index (χ0n) is 10.6. The van der Waals surface area contributed by atoms with Gasteiger partial charge in [-0.25, -0.2) is 8.42 Å². The first kappa shape index (κ1) is 13.4. The van der Waals surface area contributed by atoms with Crippen LogP contribution in [0.15, 0.2) is 46.2 Å². The highest BCUT2D eigenvalue weighted by molar-refractivity contribution is 7.91. The lowest BCUT2D eigenvalue weighted by Gasteiger charge is -2.12. The molecule has 0 spiro atoms. The summed E-state index contributed by atoms with van der Waals surface area (Å²) in [6, 6.07) is 8.97. The molecule has 0 aliphatic rings. The third kappa shape index (κ3) is 2.17. The molecule has 2 N–H and O–H groups in total. The predicted octanol–water partition coefficient (Wildman–Crippen LogP) is 2.55. The Labute approximate surface area is 111 Å². The van der Waals surface area contributed by atoms with Crippen molar-refractivity contribution in [3.05, 3.63) is 47.5 Å². The lowest BCUT2D eigenvalue weighted by atomic mass is 10.2. The molecule has 0 fully saturated rings. The van der Waals surface area contributed by atoms with Crippen molar-refractivity contribution >= 4 is 9.84 Å². The van der Waals surface area contributed by atoms with Crippen molar-refractivity contribution in [2.75, 3.05) is 0 Å². The highest BCUT2D eigenvalue weighted by atomic mass is 32.2. The van der Waals surface area contributed by atoms with Gasteiger partial charge < -0.3 is 10.2 Å². The van der Waals surface area contributed by atoms with Crippen LogP contribution in [0.4, 0.5) is 0 Å². The number of sulfone groups is 1. The Morgan fingerprint density at radius 3 is 1.47 bits per heavy atom. The fourth-order valence-corrected chi connectivity index (χ4v) is 3.95. The molecule has 0 aliphatic carbocycles. The summed E-state index contributed by atoms with van der Waals surface area (Å²) in [5.41, 5.74) is 0.866. The second kappa shape index (κ2) is 4.59. The number of rotatable bonds is 2. The molecule has 4 nitrogen and oxygen atoms in total. The number of phenols is 2. The van der Waals surface area contributed by atoms with E-state index in [0.29, 0.717) is 11.1 Å². The van der Waals surface area contributed by atoms with E-state index in [2.05, 4.69) is 0 Å². The average Bonchev–Trinajstić information content (AvgIpc) is 2.27. The molecular weight excluding hydrogens is 264 g/mol. The van der Waals surface area contributed by atoms with E-state index < -0.39 is 9.84 Å². The normalized spacial score (nSPS) is 11.5. The number of phenolic OH excluding ortho intramolecular Hbond substituents is 2. The Morgan fingerprint density at radius 2 is 1.16 bits per heavy atom. The molecule has 100 valence electrons. The lowest BCUT2D eigenvalue weighted by Crippen LogP contribution is -2.06. The smallest absolute Gasteiger partial charge is 0.214 e. The van der Waals surface area contributed by atoms with Gasteiger partial charge in [0.25, 0.3) is 0 Å². The van der Waals surface area contributed by atoms with Gasteiger partial charge in [-0.3, -0.25) is 0 Å². The number of aromatic hydroxyl groups is 2. The fraction of sp³-hybridized carbons (Fsp3) is 0.143. The molecule has 0 aliphatic heterocycles. The van der Waals surface area contributed by atoms with E-state index >= 15 is 0 Å². The monoisotopic (exact) mass is 278 g/mol. The molecular formula is C14H14O4S. The van der Waals surface area contributed by atoms with Crippen LogP contribution >= 0.6 is 0 Å². The SMILES string of the molecule is Cc1cccc(O)c1S(=O)(=O)c1c(C)cccc1O. The molecule has 0 amide bonds. The minimum atomic E-state index is -3.96. The number of aryl methyl sites for hydroxylation is 2. The van der Waals surface area contributed by atoms with E-state index in [0.717, 1.165) is 0 Å². The van der Waals surface area contributed by atoms with Gasteiger partial charge >= 0.3 is 0 Å². The number of hydrogen-bond donors (Lipinski definition) is 2. The Hall–Kier alpha value is -2.01. The summed E-state index contributed by atoms with van der Waals surface area (Å²) >= 11 is 0. The van der Waals surface area contributed by atoms with E-state index in [4.69, 9.17) is 0 Å². The maximum Gasteiger partial charge on any atom is 0.214 e. The average molecular weight is 278 g/mol. The van der Waals surface area contributed by atoms with E-state index in [-0.39, 0.29) is 21.3 Å². The van der Waals surface area contributed by atoms with Gasteiger partial charge in [0.15, 0.2) is 0 Å². The molecule has 0 radical (unpaired) electrons. The molecule has 0 heterocycles. The van der Waals surface area contributed by atoms with Crippen molar-refractivity contribution in [2.24, 2.45) is 0 Å². The Kier molecular flexibility index (Phi) is 3.24. The van der Waals surface area contributed by atoms with Gasteiger partial charge in [0, 0.05) is 0 Å². The third-order valence-electron chi connectivity index (χ3n) is 2.92. The second-order valence-electron chi connectivity index (χ2n) is 4.35. The zero-order valence-corrected chi connectivity index (χ0v) is 11.4. The summed E-state index contributed by atoms with van der Waals surface area (Å²) in [4.78, 5) is -0.334. The highest BCUT2D eigenvalue weighted by Gasteiger charge is 2.27. The van der Waals surface area contributed by atoms with E-state index in [1.807, 2.05) is 0 Å². The van der Waals surface area contributed by atoms with Crippen molar-refractivity contribution in [1.29, 1.82) is 0 Å². The molecule has 2 aromatic rings. The van der Waals surface area contributed by atoms with Crippen molar-refractivity contribution in [1.82, 2.24) is 0 Å². The first-order chi connectivity index (χ1) is 8.85. The molecule has 0 atom stereocenters.